The van der Waals surface area contributed by atoms with Crippen molar-refractivity contribution in [3.05, 3.63) is 56.7 Å². The Bertz CT molecular complexity index is 922. The average molecular weight is 469 g/mol. The highest BCUT2D eigenvalue weighted by Gasteiger charge is 2.20. The van der Waals surface area contributed by atoms with Crippen LogP contribution in [0, 0.1) is 10.5 Å². The first-order chi connectivity index (χ1) is 11.8. The smallest absolute Gasteiger partial charge is 0.225 e. The number of hydrogen-bond donors (Lipinski definition) is 1. The van der Waals surface area contributed by atoms with Crippen LogP contribution in [0.25, 0.3) is 0 Å². The van der Waals surface area contributed by atoms with Gasteiger partial charge < -0.3 is 5.32 Å². The van der Waals surface area contributed by atoms with Gasteiger partial charge in [-0.05, 0) is 95.8 Å². The molecule has 1 amide bonds. The van der Waals surface area contributed by atoms with E-state index in [2.05, 4.69) is 27.9 Å². The van der Waals surface area contributed by atoms with Gasteiger partial charge in [0.05, 0.1) is 10.6 Å². The molecule has 0 aliphatic heterocycles. The zero-order chi connectivity index (χ0) is 18.0. The van der Waals surface area contributed by atoms with Gasteiger partial charge in [-0.15, -0.1) is 0 Å². The van der Waals surface area contributed by atoms with Gasteiger partial charge in [0, 0.05) is 15.7 Å². The molecule has 1 aliphatic carbocycles. The molecule has 132 valence electrons. The highest BCUT2D eigenvalue weighted by molar-refractivity contribution is 14.1. The summed E-state index contributed by atoms with van der Waals surface area (Å²) in [5.41, 5.74) is 4.05. The minimum absolute atomic E-state index is 0.0507. The lowest BCUT2D eigenvalue weighted by Gasteiger charge is -2.10. The standard InChI is InChI=1S/C19H20INO3S/c1-13-11-16(20)6-8-18(13)21-19(22)9-10-25(23,24)17-7-5-14-3-2-4-15(14)12-17/h5-8,11-12H,2-4,9-10H2,1H3,(H,21,22). The Kier molecular flexibility index (Phi) is 5.48. The number of rotatable bonds is 5. The van der Waals surface area contributed by atoms with Crippen molar-refractivity contribution in [3.63, 3.8) is 0 Å². The quantitative estimate of drug-likeness (QED) is 0.676. The molecule has 1 N–H and O–H groups in total. The lowest BCUT2D eigenvalue weighted by atomic mass is 10.1. The second kappa shape index (κ2) is 7.45. The first-order valence-corrected chi connectivity index (χ1v) is 11.0. The zero-order valence-electron chi connectivity index (χ0n) is 14.0. The maximum atomic E-state index is 12.5. The van der Waals surface area contributed by atoms with Crippen molar-refractivity contribution >= 4 is 44.0 Å². The second-order valence-electron chi connectivity index (χ2n) is 6.36. The molecule has 0 saturated heterocycles. The van der Waals surface area contributed by atoms with E-state index in [1.54, 1.807) is 12.1 Å². The first kappa shape index (κ1) is 18.4. The molecule has 0 radical (unpaired) electrons. The van der Waals surface area contributed by atoms with Crippen molar-refractivity contribution in [3.8, 4) is 0 Å². The van der Waals surface area contributed by atoms with E-state index >= 15 is 0 Å². The molecular formula is C19H20INO3S. The third kappa shape index (κ3) is 4.41. The number of nitrogens with one attached hydrogen (secondary N) is 1. The van der Waals surface area contributed by atoms with Gasteiger partial charge in [-0.1, -0.05) is 6.07 Å². The minimum atomic E-state index is -3.45. The van der Waals surface area contributed by atoms with E-state index in [0.717, 1.165) is 39.6 Å². The highest BCUT2D eigenvalue weighted by atomic mass is 127. The number of benzene rings is 2. The summed E-state index contributed by atoms with van der Waals surface area (Å²) < 4.78 is 26.1. The van der Waals surface area contributed by atoms with E-state index in [9.17, 15) is 13.2 Å². The Morgan fingerprint density at radius 1 is 1.12 bits per heavy atom. The monoisotopic (exact) mass is 469 g/mol. The number of hydrogen-bond acceptors (Lipinski definition) is 3. The third-order valence-electron chi connectivity index (χ3n) is 4.49. The van der Waals surface area contributed by atoms with Crippen molar-refractivity contribution in [1.82, 2.24) is 0 Å². The Labute approximate surface area is 162 Å². The molecule has 6 heteroatoms. The van der Waals surface area contributed by atoms with Crippen LogP contribution < -0.4 is 5.32 Å². The molecule has 2 aromatic rings. The molecule has 0 bridgehead atoms. The molecule has 3 rings (SSSR count). The maximum Gasteiger partial charge on any atom is 0.225 e. The van der Waals surface area contributed by atoms with Crippen molar-refractivity contribution in [2.45, 2.75) is 37.5 Å². The summed E-state index contributed by atoms with van der Waals surface area (Å²) in [6.45, 7) is 1.92. The molecule has 0 saturated carbocycles. The molecule has 0 unspecified atom stereocenters. The number of halogens is 1. The molecule has 0 heterocycles. The van der Waals surface area contributed by atoms with Gasteiger partial charge >= 0.3 is 0 Å². The summed E-state index contributed by atoms with van der Waals surface area (Å²) in [4.78, 5) is 12.5. The molecular weight excluding hydrogens is 449 g/mol. The van der Waals surface area contributed by atoms with Crippen LogP contribution in [0.15, 0.2) is 41.3 Å². The second-order valence-corrected chi connectivity index (χ2v) is 9.72. The Balaban J connectivity index is 1.64. The predicted octanol–water partition coefficient (Wildman–Crippen LogP) is 3.89. The van der Waals surface area contributed by atoms with Crippen LogP contribution in [-0.4, -0.2) is 20.1 Å². The summed E-state index contributed by atoms with van der Waals surface area (Å²) in [5, 5.41) is 2.80. The average Bonchev–Trinajstić information content (AvgIpc) is 3.03. The number of carbonyl (C=O) groups is 1. The van der Waals surface area contributed by atoms with Gasteiger partial charge in [0.25, 0.3) is 0 Å². The summed E-state index contributed by atoms with van der Waals surface area (Å²) in [6.07, 6.45) is 2.99. The summed E-state index contributed by atoms with van der Waals surface area (Å²) >= 11 is 2.21. The van der Waals surface area contributed by atoms with Crippen LogP contribution in [-0.2, 0) is 27.5 Å². The number of fused-ring (bicyclic) bond motifs is 1. The molecule has 4 nitrogen and oxygen atoms in total. The summed E-state index contributed by atoms with van der Waals surface area (Å²) in [6, 6.07) is 11.1. The van der Waals surface area contributed by atoms with Crippen LogP contribution in [0.3, 0.4) is 0 Å². The number of amides is 1. The summed E-state index contributed by atoms with van der Waals surface area (Å²) in [5.74, 6) is -0.463. The first-order valence-electron chi connectivity index (χ1n) is 8.26. The van der Waals surface area contributed by atoms with E-state index in [1.165, 1.54) is 5.56 Å². The molecule has 2 aromatic carbocycles. The molecule has 0 aromatic heterocycles. The zero-order valence-corrected chi connectivity index (χ0v) is 17.0. The fraction of sp³-hybridized carbons (Fsp3) is 0.316. The lowest BCUT2D eigenvalue weighted by molar-refractivity contribution is -0.115. The normalized spacial score (nSPS) is 13.5. The molecule has 0 spiro atoms. The van der Waals surface area contributed by atoms with E-state index in [1.807, 2.05) is 31.2 Å². The van der Waals surface area contributed by atoms with E-state index in [0.29, 0.717) is 4.90 Å². The molecule has 1 aliphatic rings. The van der Waals surface area contributed by atoms with E-state index in [-0.39, 0.29) is 18.1 Å². The lowest BCUT2D eigenvalue weighted by Crippen LogP contribution is -2.18. The number of aryl methyl sites for hydroxylation is 3. The number of sulfone groups is 1. The topological polar surface area (TPSA) is 63.2 Å². The van der Waals surface area contributed by atoms with Crippen LogP contribution in [0.1, 0.15) is 29.5 Å². The van der Waals surface area contributed by atoms with Gasteiger partial charge in [-0.3, -0.25) is 4.79 Å². The van der Waals surface area contributed by atoms with Crippen LogP contribution in [0.2, 0.25) is 0 Å². The van der Waals surface area contributed by atoms with Crippen LogP contribution in [0.4, 0.5) is 5.69 Å². The van der Waals surface area contributed by atoms with Gasteiger partial charge in [0.2, 0.25) is 5.91 Å². The fourth-order valence-electron chi connectivity index (χ4n) is 3.07. The summed E-state index contributed by atoms with van der Waals surface area (Å²) in [7, 11) is -3.45. The van der Waals surface area contributed by atoms with Crippen molar-refractivity contribution in [1.29, 1.82) is 0 Å². The Morgan fingerprint density at radius 3 is 2.64 bits per heavy atom. The fourth-order valence-corrected chi connectivity index (χ4v) is 5.00. The van der Waals surface area contributed by atoms with Gasteiger partial charge in [0.1, 0.15) is 0 Å². The van der Waals surface area contributed by atoms with Crippen molar-refractivity contribution in [2.24, 2.45) is 0 Å². The van der Waals surface area contributed by atoms with Crippen molar-refractivity contribution in [2.75, 3.05) is 11.1 Å². The Hall–Kier alpha value is -1.41. The van der Waals surface area contributed by atoms with Crippen molar-refractivity contribution < 1.29 is 13.2 Å². The third-order valence-corrected chi connectivity index (χ3v) is 6.87. The number of anilines is 1. The maximum absolute atomic E-state index is 12.5. The SMILES string of the molecule is Cc1cc(I)ccc1NC(=O)CCS(=O)(=O)c1ccc2c(c1)CCC2. The van der Waals surface area contributed by atoms with E-state index in [4.69, 9.17) is 0 Å². The number of carbonyl (C=O) groups excluding carboxylic acids is 1. The molecule has 0 fully saturated rings. The van der Waals surface area contributed by atoms with Gasteiger partial charge in [0.15, 0.2) is 9.84 Å². The Morgan fingerprint density at radius 2 is 1.88 bits per heavy atom. The minimum Gasteiger partial charge on any atom is -0.326 e. The van der Waals surface area contributed by atoms with E-state index < -0.39 is 9.84 Å². The van der Waals surface area contributed by atoms with Crippen LogP contribution in [0.5, 0.6) is 0 Å². The van der Waals surface area contributed by atoms with Crippen LogP contribution >= 0.6 is 22.6 Å². The van der Waals surface area contributed by atoms with Gasteiger partial charge in [-0.25, -0.2) is 8.42 Å². The highest BCUT2D eigenvalue weighted by Crippen LogP contribution is 2.25. The van der Waals surface area contributed by atoms with Gasteiger partial charge in [-0.2, -0.15) is 0 Å². The predicted molar refractivity (Wildman–Crippen MR) is 108 cm³/mol. The molecule has 0 atom stereocenters. The molecule has 25 heavy (non-hydrogen) atoms. The largest absolute Gasteiger partial charge is 0.326 e.